The molecule has 0 bridgehead atoms. The second kappa shape index (κ2) is 7.43. The summed E-state index contributed by atoms with van der Waals surface area (Å²) in [5.74, 6) is -0.267. The molecule has 2 N–H and O–H groups in total. The molecule has 1 amide bonds. The van der Waals surface area contributed by atoms with Crippen LogP contribution in [-0.2, 0) is 6.42 Å². The van der Waals surface area contributed by atoms with E-state index in [1.54, 1.807) is 18.2 Å². The number of carbonyl (C=O) groups excluding carboxylic acids is 1. The molecular weight excluding hydrogens is 428 g/mol. The summed E-state index contributed by atoms with van der Waals surface area (Å²) < 4.78 is 39.8. The number of primary amides is 1. The zero-order valence-electron chi connectivity index (χ0n) is 15.7. The molecule has 0 aliphatic carbocycles. The minimum Gasteiger partial charge on any atom is -0.493 e. The van der Waals surface area contributed by atoms with Crippen LogP contribution in [0.25, 0.3) is 27.8 Å². The number of nitrogens with two attached hydrogens (primary N) is 1. The fourth-order valence-electron chi connectivity index (χ4n) is 3.31. The van der Waals surface area contributed by atoms with Crippen LogP contribution < -0.4 is 15.2 Å². The van der Waals surface area contributed by atoms with Crippen LogP contribution in [0.5, 0.6) is 11.5 Å². The number of carbonyl (C=O) groups is 1. The van der Waals surface area contributed by atoms with Crippen molar-refractivity contribution in [3.63, 3.8) is 0 Å². The average molecular weight is 441 g/mol. The Morgan fingerprint density at radius 1 is 1.23 bits per heavy atom. The van der Waals surface area contributed by atoms with Gasteiger partial charge in [-0.15, -0.1) is 21.5 Å². The first-order chi connectivity index (χ1) is 15.0. The van der Waals surface area contributed by atoms with E-state index in [0.717, 1.165) is 17.0 Å². The van der Waals surface area contributed by atoms with Crippen LogP contribution in [-0.4, -0.2) is 32.4 Å². The van der Waals surface area contributed by atoms with Gasteiger partial charge < -0.3 is 15.2 Å². The van der Waals surface area contributed by atoms with Gasteiger partial charge in [-0.2, -0.15) is 0 Å². The molecule has 8 nitrogen and oxygen atoms in total. The molecule has 0 spiro atoms. The van der Waals surface area contributed by atoms with Gasteiger partial charge in [0.15, 0.2) is 10.8 Å². The molecule has 1 aliphatic heterocycles. The average Bonchev–Trinajstić information content (AvgIpc) is 3.32. The summed E-state index contributed by atoms with van der Waals surface area (Å²) in [5, 5.41) is 8.47. The van der Waals surface area contributed by atoms with E-state index in [9.17, 15) is 13.6 Å². The molecule has 11 heteroatoms. The highest BCUT2D eigenvalue weighted by Gasteiger charge is 2.24. The highest BCUT2D eigenvalue weighted by atomic mass is 32.1. The van der Waals surface area contributed by atoms with Gasteiger partial charge in [-0.05, 0) is 30.3 Å². The molecule has 5 rings (SSSR count). The Kier molecular flexibility index (Phi) is 4.59. The zero-order chi connectivity index (χ0) is 21.5. The molecular formula is C20H13F2N5O3S. The largest absolute Gasteiger partial charge is 0.493 e. The van der Waals surface area contributed by atoms with Crippen molar-refractivity contribution in [2.75, 3.05) is 6.61 Å². The molecule has 0 saturated heterocycles. The van der Waals surface area contributed by atoms with Gasteiger partial charge in [0.05, 0.1) is 18.0 Å². The maximum Gasteiger partial charge on any atom is 0.409 e. The van der Waals surface area contributed by atoms with Crippen LogP contribution in [0.15, 0.2) is 42.7 Å². The molecule has 0 fully saturated rings. The van der Waals surface area contributed by atoms with Gasteiger partial charge >= 0.3 is 6.09 Å². The minimum atomic E-state index is -0.928. The minimum absolute atomic E-state index is 0.104. The van der Waals surface area contributed by atoms with Gasteiger partial charge in [0.25, 0.3) is 0 Å². The SMILES string of the molecule is NC(=O)Oc1ccc2c(c1)-c1nc(-c3nncn3-c3ccc(F)cc3F)sc1CCO2. The Morgan fingerprint density at radius 3 is 2.90 bits per heavy atom. The monoisotopic (exact) mass is 441 g/mol. The summed E-state index contributed by atoms with van der Waals surface area (Å²) in [6.07, 6.45) is 1.00. The molecule has 0 unspecified atom stereocenters. The van der Waals surface area contributed by atoms with Crippen molar-refractivity contribution < 1.29 is 23.0 Å². The highest BCUT2D eigenvalue weighted by molar-refractivity contribution is 7.15. The lowest BCUT2D eigenvalue weighted by Crippen LogP contribution is -2.16. The van der Waals surface area contributed by atoms with Gasteiger partial charge in [-0.1, -0.05) is 0 Å². The number of fused-ring (bicyclic) bond motifs is 3. The number of thiazole rings is 1. The van der Waals surface area contributed by atoms with Gasteiger partial charge in [-0.3, -0.25) is 4.57 Å². The van der Waals surface area contributed by atoms with Gasteiger partial charge in [-0.25, -0.2) is 18.6 Å². The summed E-state index contributed by atoms with van der Waals surface area (Å²) >= 11 is 1.36. The van der Waals surface area contributed by atoms with E-state index in [4.69, 9.17) is 20.2 Å². The standard InChI is InChI=1S/C20H13F2N5O3S/c21-10-1-3-14(13(22)7-10)27-9-24-26-18(27)19-25-17-12-8-11(30-20(23)28)2-4-15(12)29-6-5-16(17)31-19/h1-4,7-9H,5-6H2,(H2,23,28). The molecule has 31 heavy (non-hydrogen) atoms. The Hall–Kier alpha value is -3.86. The molecule has 2 aromatic heterocycles. The lowest BCUT2D eigenvalue weighted by molar-refractivity contribution is 0.211. The third-order valence-corrected chi connectivity index (χ3v) is 5.73. The van der Waals surface area contributed by atoms with Crippen LogP contribution in [0.1, 0.15) is 4.88 Å². The third kappa shape index (κ3) is 3.48. The second-order valence-electron chi connectivity index (χ2n) is 6.59. The summed E-state index contributed by atoms with van der Waals surface area (Å²) in [4.78, 5) is 16.7. The first kappa shape index (κ1) is 19.1. The highest BCUT2D eigenvalue weighted by Crippen LogP contribution is 2.41. The van der Waals surface area contributed by atoms with Crippen LogP contribution in [0.3, 0.4) is 0 Å². The van der Waals surface area contributed by atoms with Crippen molar-refractivity contribution in [1.82, 2.24) is 19.7 Å². The fourth-order valence-corrected chi connectivity index (χ4v) is 4.35. The molecule has 0 radical (unpaired) electrons. The van der Waals surface area contributed by atoms with E-state index in [-0.39, 0.29) is 11.4 Å². The predicted octanol–water partition coefficient (Wildman–Crippen LogP) is 3.73. The molecule has 4 aromatic rings. The van der Waals surface area contributed by atoms with Crippen LogP contribution in [0.4, 0.5) is 13.6 Å². The van der Waals surface area contributed by atoms with Gasteiger partial charge in [0, 0.05) is 22.9 Å². The number of amides is 1. The van der Waals surface area contributed by atoms with E-state index < -0.39 is 17.7 Å². The van der Waals surface area contributed by atoms with Crippen molar-refractivity contribution >= 4 is 17.4 Å². The van der Waals surface area contributed by atoms with E-state index in [0.29, 0.717) is 40.9 Å². The maximum atomic E-state index is 14.3. The lowest BCUT2D eigenvalue weighted by atomic mass is 10.1. The smallest absolute Gasteiger partial charge is 0.409 e. The number of hydrogen-bond donors (Lipinski definition) is 1. The molecule has 0 atom stereocenters. The summed E-state index contributed by atoms with van der Waals surface area (Å²) in [6.45, 7) is 0.428. The quantitative estimate of drug-likeness (QED) is 0.519. The number of aromatic nitrogens is 4. The third-order valence-electron chi connectivity index (χ3n) is 4.62. The van der Waals surface area contributed by atoms with E-state index >= 15 is 0 Å². The van der Waals surface area contributed by atoms with E-state index in [2.05, 4.69) is 10.2 Å². The van der Waals surface area contributed by atoms with Crippen LogP contribution in [0.2, 0.25) is 0 Å². The Bertz CT molecular complexity index is 1320. The van der Waals surface area contributed by atoms with Crippen molar-refractivity contribution in [1.29, 1.82) is 0 Å². The predicted molar refractivity (Wildman–Crippen MR) is 107 cm³/mol. The van der Waals surface area contributed by atoms with E-state index in [1.807, 2.05) is 0 Å². The maximum absolute atomic E-state index is 14.3. The Morgan fingerprint density at radius 2 is 2.10 bits per heavy atom. The van der Waals surface area contributed by atoms with Crippen molar-refractivity contribution in [2.24, 2.45) is 5.73 Å². The van der Waals surface area contributed by atoms with E-state index in [1.165, 1.54) is 28.3 Å². The summed E-state index contributed by atoms with van der Waals surface area (Å²) in [7, 11) is 0. The second-order valence-corrected chi connectivity index (χ2v) is 7.67. The first-order valence-electron chi connectivity index (χ1n) is 9.09. The number of hydrogen-bond acceptors (Lipinski definition) is 7. The van der Waals surface area contributed by atoms with Crippen LogP contribution >= 0.6 is 11.3 Å². The summed E-state index contributed by atoms with van der Waals surface area (Å²) in [5.41, 5.74) is 6.48. The Labute approximate surface area is 177 Å². The number of rotatable bonds is 3. The number of nitrogens with zero attached hydrogens (tertiary/aromatic N) is 4. The lowest BCUT2D eigenvalue weighted by Gasteiger charge is -2.09. The number of halogens is 2. The molecule has 0 saturated carbocycles. The van der Waals surface area contributed by atoms with Crippen LogP contribution in [0, 0.1) is 11.6 Å². The number of benzene rings is 2. The molecule has 156 valence electrons. The molecule has 1 aliphatic rings. The Balaban J connectivity index is 1.61. The van der Waals surface area contributed by atoms with Gasteiger partial charge in [0.1, 0.15) is 29.5 Å². The number of ether oxygens (including phenoxy) is 2. The fraction of sp³-hybridized carbons (Fsp3) is 0.100. The summed E-state index contributed by atoms with van der Waals surface area (Å²) in [6, 6.07) is 8.15. The van der Waals surface area contributed by atoms with Gasteiger partial charge in [0.2, 0.25) is 0 Å². The topological polar surface area (TPSA) is 105 Å². The molecule has 2 aromatic carbocycles. The van der Waals surface area contributed by atoms with Crippen molar-refractivity contribution in [3.8, 4) is 39.3 Å². The van der Waals surface area contributed by atoms with Crippen molar-refractivity contribution in [3.05, 3.63) is 59.2 Å². The zero-order valence-corrected chi connectivity index (χ0v) is 16.5. The first-order valence-corrected chi connectivity index (χ1v) is 9.91. The normalized spacial score (nSPS) is 12.5. The van der Waals surface area contributed by atoms with Crippen molar-refractivity contribution in [2.45, 2.75) is 6.42 Å². The molecule has 3 heterocycles.